The first kappa shape index (κ1) is 16.0. The monoisotopic (exact) mass is 416 g/mol. The molecule has 0 bridgehead atoms. The number of hydrogen-bond acceptors (Lipinski definition) is 3. The molecule has 0 spiro atoms. The smallest absolute Gasteiger partial charge is 0.282 e. The Morgan fingerprint density at radius 3 is 2.38 bits per heavy atom. The minimum Gasteiger partial charge on any atom is -0.368 e. The number of nitro groups is 1. The first-order valence-corrected chi connectivity index (χ1v) is 7.78. The van der Waals surface area contributed by atoms with Crippen LogP contribution in [0, 0.1) is 13.7 Å². The van der Waals surface area contributed by atoms with E-state index < -0.39 is 0 Å². The van der Waals surface area contributed by atoms with Gasteiger partial charge in [-0.3, -0.25) is 10.1 Å². The molecule has 0 amide bonds. The highest BCUT2D eigenvalue weighted by Crippen LogP contribution is 2.30. The van der Waals surface area contributed by atoms with Gasteiger partial charge in [0.05, 0.1) is 14.5 Å². The predicted molar refractivity (Wildman–Crippen MR) is 94.1 cm³/mol. The molecule has 2 aromatic carbocycles. The molecule has 110 valence electrons. The SMILES string of the molecule is CC(c1ccc(Cl)cc1)N(C)c1ccc([N+](=O)[O-])c(I)c1. The molecule has 0 fully saturated rings. The van der Waals surface area contributed by atoms with Gasteiger partial charge in [-0.1, -0.05) is 23.7 Å². The van der Waals surface area contributed by atoms with Crippen LogP contribution >= 0.6 is 34.2 Å². The van der Waals surface area contributed by atoms with Crippen molar-refractivity contribution in [1.82, 2.24) is 0 Å². The lowest BCUT2D eigenvalue weighted by Gasteiger charge is -2.27. The molecule has 0 radical (unpaired) electrons. The van der Waals surface area contributed by atoms with Crippen LogP contribution in [-0.4, -0.2) is 12.0 Å². The van der Waals surface area contributed by atoms with E-state index in [0.717, 1.165) is 11.3 Å². The number of anilines is 1. The summed E-state index contributed by atoms with van der Waals surface area (Å²) in [7, 11) is 1.97. The van der Waals surface area contributed by atoms with Crippen molar-refractivity contribution in [2.24, 2.45) is 0 Å². The number of halogens is 2. The molecule has 4 nitrogen and oxygen atoms in total. The van der Waals surface area contributed by atoms with Gasteiger partial charge in [0.15, 0.2) is 0 Å². The Balaban J connectivity index is 2.27. The summed E-state index contributed by atoms with van der Waals surface area (Å²) in [6.07, 6.45) is 0. The van der Waals surface area contributed by atoms with E-state index in [1.165, 1.54) is 0 Å². The quantitative estimate of drug-likeness (QED) is 0.398. The number of benzene rings is 2. The standard InChI is InChI=1S/C15H14ClIN2O2/c1-10(11-3-5-12(16)6-4-11)18(2)13-7-8-15(19(20)21)14(17)9-13/h3-10H,1-2H3. The molecule has 0 heterocycles. The van der Waals surface area contributed by atoms with Gasteiger partial charge < -0.3 is 4.90 Å². The van der Waals surface area contributed by atoms with Crippen molar-refractivity contribution in [3.63, 3.8) is 0 Å². The molecule has 2 rings (SSSR count). The lowest BCUT2D eigenvalue weighted by Crippen LogP contribution is -2.21. The molecule has 0 aliphatic rings. The lowest BCUT2D eigenvalue weighted by molar-refractivity contribution is -0.385. The van der Waals surface area contributed by atoms with Crippen molar-refractivity contribution in [3.8, 4) is 0 Å². The van der Waals surface area contributed by atoms with Crippen LogP contribution in [0.15, 0.2) is 42.5 Å². The van der Waals surface area contributed by atoms with E-state index in [4.69, 9.17) is 11.6 Å². The Kier molecular flexibility index (Phi) is 5.05. The van der Waals surface area contributed by atoms with Gasteiger partial charge in [-0.15, -0.1) is 0 Å². The van der Waals surface area contributed by atoms with Gasteiger partial charge >= 0.3 is 0 Å². The van der Waals surface area contributed by atoms with E-state index in [9.17, 15) is 10.1 Å². The molecule has 2 aromatic rings. The second-order valence-electron chi connectivity index (χ2n) is 4.73. The van der Waals surface area contributed by atoms with E-state index in [-0.39, 0.29) is 16.7 Å². The van der Waals surface area contributed by atoms with Gasteiger partial charge in [0.1, 0.15) is 0 Å². The van der Waals surface area contributed by atoms with E-state index in [2.05, 4.69) is 11.8 Å². The zero-order chi connectivity index (χ0) is 15.6. The Morgan fingerprint density at radius 1 is 1.24 bits per heavy atom. The lowest BCUT2D eigenvalue weighted by atomic mass is 10.1. The largest absolute Gasteiger partial charge is 0.368 e. The summed E-state index contributed by atoms with van der Waals surface area (Å²) in [6, 6.07) is 13.0. The van der Waals surface area contributed by atoms with E-state index in [0.29, 0.717) is 8.59 Å². The third kappa shape index (κ3) is 3.65. The summed E-state index contributed by atoms with van der Waals surface area (Å²) in [4.78, 5) is 12.6. The van der Waals surface area contributed by atoms with Gasteiger partial charge in [-0.25, -0.2) is 0 Å². The topological polar surface area (TPSA) is 46.4 Å². The van der Waals surface area contributed by atoms with Crippen LogP contribution in [0.1, 0.15) is 18.5 Å². The first-order chi connectivity index (χ1) is 9.90. The number of nitro benzene ring substituents is 1. The van der Waals surface area contributed by atoms with Crippen LogP contribution in [-0.2, 0) is 0 Å². The summed E-state index contributed by atoms with van der Waals surface area (Å²) in [5.41, 5.74) is 2.20. The van der Waals surface area contributed by atoms with Crippen LogP contribution in [0.25, 0.3) is 0 Å². The summed E-state index contributed by atoms with van der Waals surface area (Å²) < 4.78 is 0.630. The van der Waals surface area contributed by atoms with E-state index in [1.54, 1.807) is 12.1 Å². The second-order valence-corrected chi connectivity index (χ2v) is 6.33. The highest BCUT2D eigenvalue weighted by Gasteiger charge is 2.16. The summed E-state index contributed by atoms with van der Waals surface area (Å²) in [5, 5.41) is 11.6. The first-order valence-electron chi connectivity index (χ1n) is 6.32. The maximum absolute atomic E-state index is 10.9. The molecule has 0 N–H and O–H groups in total. The fourth-order valence-electron chi connectivity index (χ4n) is 2.05. The van der Waals surface area contributed by atoms with Gasteiger partial charge in [0.2, 0.25) is 0 Å². The summed E-state index contributed by atoms with van der Waals surface area (Å²) in [5.74, 6) is 0. The number of hydrogen-bond donors (Lipinski definition) is 0. The third-order valence-electron chi connectivity index (χ3n) is 3.47. The van der Waals surface area contributed by atoms with Crippen LogP contribution in [0.2, 0.25) is 5.02 Å². The molecule has 0 saturated heterocycles. The molecule has 0 aliphatic carbocycles. The van der Waals surface area contributed by atoms with E-state index >= 15 is 0 Å². The zero-order valence-electron chi connectivity index (χ0n) is 11.6. The van der Waals surface area contributed by atoms with Crippen molar-refractivity contribution >= 4 is 45.6 Å². The molecular weight excluding hydrogens is 403 g/mol. The highest BCUT2D eigenvalue weighted by molar-refractivity contribution is 14.1. The fraction of sp³-hybridized carbons (Fsp3) is 0.200. The Hall–Kier alpha value is -1.34. The molecule has 0 aromatic heterocycles. The molecule has 6 heteroatoms. The molecule has 1 atom stereocenters. The summed E-state index contributed by atoms with van der Waals surface area (Å²) in [6.45, 7) is 2.08. The van der Waals surface area contributed by atoms with Crippen molar-refractivity contribution in [2.45, 2.75) is 13.0 Å². The average Bonchev–Trinajstić information content (AvgIpc) is 2.46. The minimum atomic E-state index is -0.367. The number of rotatable bonds is 4. The molecule has 0 saturated carbocycles. The molecule has 1 unspecified atom stereocenters. The minimum absolute atomic E-state index is 0.131. The molecule has 0 aliphatic heterocycles. The number of nitrogens with zero attached hydrogens (tertiary/aromatic N) is 2. The van der Waals surface area contributed by atoms with Gasteiger partial charge in [-0.05, 0) is 59.3 Å². The Labute approximate surface area is 142 Å². The van der Waals surface area contributed by atoms with Crippen molar-refractivity contribution < 1.29 is 4.92 Å². The van der Waals surface area contributed by atoms with Gasteiger partial charge in [-0.2, -0.15) is 0 Å². The van der Waals surface area contributed by atoms with Gasteiger partial charge in [0, 0.05) is 23.8 Å². The van der Waals surface area contributed by atoms with Crippen LogP contribution in [0.4, 0.5) is 11.4 Å². The third-order valence-corrected chi connectivity index (χ3v) is 4.58. The average molecular weight is 417 g/mol. The van der Waals surface area contributed by atoms with Crippen molar-refractivity contribution in [1.29, 1.82) is 0 Å². The highest BCUT2D eigenvalue weighted by atomic mass is 127. The van der Waals surface area contributed by atoms with Gasteiger partial charge in [0.25, 0.3) is 5.69 Å². The van der Waals surface area contributed by atoms with Crippen LogP contribution < -0.4 is 4.90 Å². The van der Waals surface area contributed by atoms with Crippen molar-refractivity contribution in [2.75, 3.05) is 11.9 Å². The fourth-order valence-corrected chi connectivity index (χ4v) is 2.87. The Morgan fingerprint density at radius 2 is 1.86 bits per heavy atom. The Bertz CT molecular complexity index is 661. The predicted octanol–water partition coefficient (Wildman–Crippen LogP) is 5.05. The molecular formula is C15H14ClIN2O2. The van der Waals surface area contributed by atoms with Crippen LogP contribution in [0.3, 0.4) is 0 Å². The van der Waals surface area contributed by atoms with Crippen LogP contribution in [0.5, 0.6) is 0 Å². The van der Waals surface area contributed by atoms with Crippen molar-refractivity contribution in [3.05, 3.63) is 66.7 Å². The second kappa shape index (κ2) is 6.62. The molecule has 21 heavy (non-hydrogen) atoms. The maximum atomic E-state index is 10.9. The normalized spacial score (nSPS) is 12.0. The maximum Gasteiger partial charge on any atom is 0.282 e. The zero-order valence-corrected chi connectivity index (χ0v) is 14.5. The van der Waals surface area contributed by atoms with E-state index in [1.807, 2.05) is 60.0 Å². The summed E-state index contributed by atoms with van der Waals surface area (Å²) >= 11 is 7.89.